The monoisotopic (exact) mass is 293 g/mol. The Hall–Kier alpha value is -2.55. The third-order valence-electron chi connectivity index (χ3n) is 3.52. The Balaban J connectivity index is 1.92. The third-order valence-corrected chi connectivity index (χ3v) is 3.52. The Morgan fingerprint density at radius 3 is 2.50 bits per heavy atom. The van der Waals surface area contributed by atoms with Crippen LogP contribution in [0.4, 0.5) is 5.69 Å². The van der Waals surface area contributed by atoms with Crippen molar-refractivity contribution in [3.8, 4) is 5.75 Å². The van der Waals surface area contributed by atoms with Crippen LogP contribution in [-0.4, -0.2) is 12.0 Å². The molecule has 2 aromatic carbocycles. The maximum atomic E-state index is 12.2. The largest absolute Gasteiger partial charge is 0.491 e. The summed E-state index contributed by atoms with van der Waals surface area (Å²) in [5.41, 5.74) is 4.67. The van der Waals surface area contributed by atoms with Crippen LogP contribution in [0.25, 0.3) is 11.6 Å². The van der Waals surface area contributed by atoms with E-state index in [1.807, 2.05) is 69.3 Å². The van der Waals surface area contributed by atoms with Gasteiger partial charge < -0.3 is 10.1 Å². The summed E-state index contributed by atoms with van der Waals surface area (Å²) in [5.74, 6) is 0.785. The van der Waals surface area contributed by atoms with Crippen LogP contribution in [0.1, 0.15) is 30.5 Å². The molecule has 0 saturated carbocycles. The zero-order chi connectivity index (χ0) is 15.7. The number of hydrogen-bond donors (Lipinski definition) is 1. The zero-order valence-corrected chi connectivity index (χ0v) is 13.0. The van der Waals surface area contributed by atoms with Crippen LogP contribution in [0.3, 0.4) is 0 Å². The Morgan fingerprint density at radius 1 is 1.09 bits per heavy atom. The molecule has 1 aliphatic heterocycles. The summed E-state index contributed by atoms with van der Waals surface area (Å²) in [6, 6.07) is 13.8. The van der Waals surface area contributed by atoms with Gasteiger partial charge in [-0.1, -0.05) is 23.8 Å². The summed E-state index contributed by atoms with van der Waals surface area (Å²) in [6.07, 6.45) is 2.07. The molecule has 0 aliphatic carbocycles. The predicted molar refractivity (Wildman–Crippen MR) is 89.9 cm³/mol. The Labute approximate surface area is 130 Å². The van der Waals surface area contributed by atoms with Crippen molar-refractivity contribution >= 4 is 23.2 Å². The average molecular weight is 293 g/mol. The van der Waals surface area contributed by atoms with Gasteiger partial charge in [0.05, 0.1) is 6.10 Å². The highest BCUT2D eigenvalue weighted by atomic mass is 16.5. The summed E-state index contributed by atoms with van der Waals surface area (Å²) >= 11 is 0. The molecule has 0 bridgehead atoms. The maximum Gasteiger partial charge on any atom is 0.256 e. The minimum absolute atomic E-state index is 0.0527. The molecule has 3 rings (SSSR count). The van der Waals surface area contributed by atoms with Crippen LogP contribution >= 0.6 is 0 Å². The van der Waals surface area contributed by atoms with Gasteiger partial charge in [0.1, 0.15) is 5.75 Å². The number of amides is 1. The van der Waals surface area contributed by atoms with Crippen molar-refractivity contribution in [2.45, 2.75) is 26.9 Å². The second-order valence-electron chi connectivity index (χ2n) is 5.80. The molecule has 0 fully saturated rings. The number of carbonyl (C=O) groups is 1. The molecule has 3 heteroatoms. The molecular weight excluding hydrogens is 274 g/mol. The van der Waals surface area contributed by atoms with E-state index in [0.717, 1.165) is 28.1 Å². The summed E-state index contributed by atoms with van der Waals surface area (Å²) in [4.78, 5) is 12.2. The number of benzene rings is 2. The van der Waals surface area contributed by atoms with Gasteiger partial charge in [-0.3, -0.25) is 4.79 Å². The smallest absolute Gasteiger partial charge is 0.256 e. The molecule has 1 heterocycles. The van der Waals surface area contributed by atoms with Crippen LogP contribution in [0.2, 0.25) is 0 Å². The highest BCUT2D eigenvalue weighted by Gasteiger charge is 2.23. The van der Waals surface area contributed by atoms with Gasteiger partial charge in [0.2, 0.25) is 0 Å². The van der Waals surface area contributed by atoms with Crippen LogP contribution in [-0.2, 0) is 4.79 Å². The minimum atomic E-state index is -0.0527. The lowest BCUT2D eigenvalue weighted by atomic mass is 10.0. The van der Waals surface area contributed by atoms with Gasteiger partial charge in [0.25, 0.3) is 5.91 Å². The highest BCUT2D eigenvalue weighted by molar-refractivity contribution is 6.34. The first-order chi connectivity index (χ1) is 10.5. The lowest BCUT2D eigenvalue weighted by Gasteiger charge is -2.09. The van der Waals surface area contributed by atoms with Gasteiger partial charge in [-0.15, -0.1) is 0 Å². The van der Waals surface area contributed by atoms with Crippen molar-refractivity contribution < 1.29 is 9.53 Å². The van der Waals surface area contributed by atoms with Crippen LogP contribution in [0.15, 0.2) is 42.5 Å². The number of carbonyl (C=O) groups excluding carboxylic acids is 1. The Kier molecular flexibility index (Phi) is 3.72. The number of nitrogens with one attached hydrogen (secondary N) is 1. The number of aryl methyl sites for hydroxylation is 1. The molecule has 0 radical (unpaired) electrons. The van der Waals surface area contributed by atoms with Crippen molar-refractivity contribution in [1.82, 2.24) is 0 Å². The van der Waals surface area contributed by atoms with Gasteiger partial charge in [0.15, 0.2) is 0 Å². The molecule has 112 valence electrons. The van der Waals surface area contributed by atoms with Gasteiger partial charge in [0, 0.05) is 16.8 Å². The van der Waals surface area contributed by atoms with E-state index in [4.69, 9.17) is 4.74 Å². The standard InChI is InChI=1S/C19H19NO2/c1-12(2)22-15-7-5-14(6-8-15)11-17-16-10-13(3)4-9-18(16)20-19(17)21/h4-12H,1-3H3,(H,20,21)/b17-11+. The number of fused-ring (bicyclic) bond motifs is 1. The molecule has 0 spiro atoms. The molecule has 0 saturated heterocycles. The maximum absolute atomic E-state index is 12.2. The Morgan fingerprint density at radius 2 is 1.82 bits per heavy atom. The van der Waals surface area contributed by atoms with E-state index in [0.29, 0.717) is 5.57 Å². The number of ether oxygens (including phenoxy) is 1. The molecule has 22 heavy (non-hydrogen) atoms. The van der Waals surface area contributed by atoms with E-state index in [9.17, 15) is 4.79 Å². The van der Waals surface area contributed by atoms with Crippen LogP contribution in [0.5, 0.6) is 5.75 Å². The van der Waals surface area contributed by atoms with Crippen molar-refractivity contribution in [3.63, 3.8) is 0 Å². The fourth-order valence-electron chi connectivity index (χ4n) is 2.53. The first-order valence-electron chi connectivity index (χ1n) is 7.44. The van der Waals surface area contributed by atoms with Gasteiger partial charge in [-0.2, -0.15) is 0 Å². The lowest BCUT2D eigenvalue weighted by Crippen LogP contribution is -2.05. The second kappa shape index (κ2) is 5.68. The lowest BCUT2D eigenvalue weighted by molar-refractivity contribution is -0.110. The predicted octanol–water partition coefficient (Wildman–Crippen LogP) is 4.27. The summed E-state index contributed by atoms with van der Waals surface area (Å²) in [6.45, 7) is 6.02. The summed E-state index contributed by atoms with van der Waals surface area (Å²) in [7, 11) is 0. The molecule has 0 unspecified atom stereocenters. The highest BCUT2D eigenvalue weighted by Crippen LogP contribution is 2.33. The number of anilines is 1. The van der Waals surface area contributed by atoms with Gasteiger partial charge in [-0.25, -0.2) is 0 Å². The molecule has 1 aliphatic rings. The fraction of sp³-hybridized carbons (Fsp3) is 0.211. The first kappa shape index (κ1) is 14.4. The number of rotatable bonds is 3. The molecule has 0 atom stereocenters. The molecule has 1 amide bonds. The van der Waals surface area contributed by atoms with Crippen molar-refractivity contribution in [3.05, 3.63) is 59.2 Å². The molecule has 0 aromatic heterocycles. The first-order valence-corrected chi connectivity index (χ1v) is 7.44. The van der Waals surface area contributed by atoms with Crippen molar-refractivity contribution in [1.29, 1.82) is 0 Å². The number of hydrogen-bond acceptors (Lipinski definition) is 2. The van der Waals surface area contributed by atoms with E-state index in [1.54, 1.807) is 0 Å². The SMILES string of the molecule is Cc1ccc2c(c1)/C(=C\c1ccc(OC(C)C)cc1)C(=O)N2. The quantitative estimate of drug-likeness (QED) is 0.858. The van der Waals surface area contributed by atoms with E-state index in [2.05, 4.69) is 5.32 Å². The summed E-state index contributed by atoms with van der Waals surface area (Å²) in [5, 5.41) is 2.90. The van der Waals surface area contributed by atoms with Crippen molar-refractivity contribution in [2.24, 2.45) is 0 Å². The van der Waals surface area contributed by atoms with Crippen LogP contribution < -0.4 is 10.1 Å². The van der Waals surface area contributed by atoms with Gasteiger partial charge >= 0.3 is 0 Å². The zero-order valence-electron chi connectivity index (χ0n) is 13.0. The normalized spacial score (nSPS) is 15.1. The average Bonchev–Trinajstić information content (AvgIpc) is 2.76. The second-order valence-corrected chi connectivity index (χ2v) is 5.80. The fourth-order valence-corrected chi connectivity index (χ4v) is 2.53. The molecular formula is C19H19NO2. The minimum Gasteiger partial charge on any atom is -0.491 e. The van der Waals surface area contributed by atoms with Crippen molar-refractivity contribution in [2.75, 3.05) is 5.32 Å². The molecule has 1 N–H and O–H groups in total. The van der Waals surface area contributed by atoms with Crippen LogP contribution in [0, 0.1) is 6.92 Å². The topological polar surface area (TPSA) is 38.3 Å². The molecule has 2 aromatic rings. The van der Waals surface area contributed by atoms with E-state index < -0.39 is 0 Å². The summed E-state index contributed by atoms with van der Waals surface area (Å²) < 4.78 is 5.63. The third kappa shape index (κ3) is 2.89. The molecule has 3 nitrogen and oxygen atoms in total. The van der Waals surface area contributed by atoms with E-state index in [-0.39, 0.29) is 12.0 Å². The Bertz CT molecular complexity index is 743. The van der Waals surface area contributed by atoms with Gasteiger partial charge in [-0.05, 0) is 56.7 Å². The van der Waals surface area contributed by atoms with E-state index in [1.165, 1.54) is 0 Å². The van der Waals surface area contributed by atoms with E-state index >= 15 is 0 Å².